The predicted octanol–water partition coefficient (Wildman–Crippen LogP) is 3.46. The molecule has 1 aliphatic heterocycles. The van der Waals surface area contributed by atoms with Crippen LogP contribution in [0.25, 0.3) is 6.08 Å². The Morgan fingerprint density at radius 1 is 1.00 bits per heavy atom. The van der Waals surface area contributed by atoms with Crippen molar-refractivity contribution in [2.75, 3.05) is 51.9 Å². The fourth-order valence-electron chi connectivity index (χ4n) is 3.33. The van der Waals surface area contributed by atoms with Crippen molar-refractivity contribution in [3.05, 3.63) is 54.1 Å². The van der Waals surface area contributed by atoms with Crippen molar-refractivity contribution in [3.63, 3.8) is 0 Å². The molecule has 0 bridgehead atoms. The molecule has 0 radical (unpaired) electrons. The van der Waals surface area contributed by atoms with Gasteiger partial charge >= 0.3 is 0 Å². The number of anilines is 1. The molecule has 2 aromatic rings. The second-order valence-corrected chi connectivity index (χ2v) is 6.69. The third-order valence-corrected chi connectivity index (χ3v) is 4.92. The van der Waals surface area contributed by atoms with Gasteiger partial charge in [0.05, 0.1) is 20.8 Å². The second-order valence-electron chi connectivity index (χ2n) is 6.69. The lowest BCUT2D eigenvalue weighted by atomic mass is 10.1. The lowest BCUT2D eigenvalue weighted by Crippen LogP contribution is -2.48. The lowest BCUT2D eigenvalue weighted by molar-refractivity contribution is -0.126. The second kappa shape index (κ2) is 9.87. The van der Waals surface area contributed by atoms with Crippen molar-refractivity contribution in [2.24, 2.45) is 0 Å². The molecule has 1 saturated heterocycles. The summed E-state index contributed by atoms with van der Waals surface area (Å²) in [5.41, 5.74) is 2.02. The molecule has 0 aliphatic carbocycles. The van der Waals surface area contributed by atoms with Crippen LogP contribution in [0.3, 0.4) is 0 Å². The van der Waals surface area contributed by atoms with Crippen LogP contribution in [0.1, 0.15) is 12.5 Å². The van der Waals surface area contributed by atoms with E-state index in [2.05, 4.69) is 11.0 Å². The third kappa shape index (κ3) is 5.22. The molecule has 154 valence electrons. The first-order valence-corrected chi connectivity index (χ1v) is 9.81. The molecule has 6 heteroatoms. The molecule has 29 heavy (non-hydrogen) atoms. The van der Waals surface area contributed by atoms with Gasteiger partial charge in [0, 0.05) is 44.0 Å². The van der Waals surface area contributed by atoms with Gasteiger partial charge in [0.2, 0.25) is 5.91 Å². The van der Waals surface area contributed by atoms with Crippen LogP contribution in [0.4, 0.5) is 5.69 Å². The van der Waals surface area contributed by atoms with Crippen molar-refractivity contribution in [3.8, 4) is 17.2 Å². The van der Waals surface area contributed by atoms with Gasteiger partial charge in [0.1, 0.15) is 5.75 Å². The summed E-state index contributed by atoms with van der Waals surface area (Å²) in [7, 11) is 3.28. The van der Waals surface area contributed by atoms with Crippen molar-refractivity contribution in [1.82, 2.24) is 4.90 Å². The van der Waals surface area contributed by atoms with E-state index in [9.17, 15) is 4.79 Å². The summed E-state index contributed by atoms with van der Waals surface area (Å²) in [4.78, 5) is 16.7. The molecule has 0 atom stereocenters. The first kappa shape index (κ1) is 20.6. The normalized spacial score (nSPS) is 14.2. The smallest absolute Gasteiger partial charge is 0.246 e. The number of methoxy groups -OCH3 is 2. The van der Waals surface area contributed by atoms with E-state index in [0.29, 0.717) is 31.2 Å². The van der Waals surface area contributed by atoms with Gasteiger partial charge in [-0.1, -0.05) is 12.1 Å². The number of amides is 1. The van der Waals surface area contributed by atoms with Gasteiger partial charge in [-0.25, -0.2) is 0 Å². The summed E-state index contributed by atoms with van der Waals surface area (Å²) in [6.45, 7) is 5.45. The lowest BCUT2D eigenvalue weighted by Gasteiger charge is -2.35. The molecule has 0 aromatic heterocycles. The SMILES string of the molecule is CCOc1cc(/C=C/C(=O)N2CCN(c3cccc(OC)c3)CC2)ccc1OC. The van der Waals surface area contributed by atoms with E-state index in [0.717, 1.165) is 30.1 Å². The molecule has 3 rings (SSSR count). The number of hydrogen-bond acceptors (Lipinski definition) is 5. The van der Waals surface area contributed by atoms with Gasteiger partial charge in [-0.15, -0.1) is 0 Å². The van der Waals surface area contributed by atoms with Gasteiger partial charge in [0.25, 0.3) is 0 Å². The van der Waals surface area contributed by atoms with E-state index in [-0.39, 0.29) is 5.91 Å². The molecule has 1 amide bonds. The number of ether oxygens (including phenoxy) is 3. The van der Waals surface area contributed by atoms with Crippen LogP contribution in [0.2, 0.25) is 0 Å². The summed E-state index contributed by atoms with van der Waals surface area (Å²) in [5, 5.41) is 0. The maximum absolute atomic E-state index is 12.6. The first-order valence-electron chi connectivity index (χ1n) is 9.81. The molecule has 1 fully saturated rings. The van der Waals surface area contributed by atoms with Crippen LogP contribution in [-0.2, 0) is 4.79 Å². The van der Waals surface area contributed by atoms with E-state index in [1.54, 1.807) is 20.3 Å². The first-order chi connectivity index (χ1) is 14.1. The largest absolute Gasteiger partial charge is 0.497 e. The summed E-state index contributed by atoms with van der Waals surface area (Å²) < 4.78 is 16.2. The molecular formula is C23H28N2O4. The van der Waals surface area contributed by atoms with Crippen LogP contribution in [0, 0.1) is 0 Å². The minimum Gasteiger partial charge on any atom is -0.497 e. The molecule has 2 aromatic carbocycles. The topological polar surface area (TPSA) is 51.2 Å². The minimum absolute atomic E-state index is 0.0177. The Morgan fingerprint density at radius 2 is 1.79 bits per heavy atom. The Hall–Kier alpha value is -3.15. The van der Waals surface area contributed by atoms with E-state index in [1.807, 2.05) is 54.3 Å². The van der Waals surface area contributed by atoms with E-state index >= 15 is 0 Å². The Labute approximate surface area is 172 Å². The number of hydrogen-bond donors (Lipinski definition) is 0. The molecule has 0 N–H and O–H groups in total. The Bertz CT molecular complexity index is 858. The number of carbonyl (C=O) groups excluding carboxylic acids is 1. The highest BCUT2D eigenvalue weighted by atomic mass is 16.5. The number of nitrogens with zero attached hydrogens (tertiary/aromatic N) is 2. The fraction of sp³-hybridized carbons (Fsp3) is 0.348. The zero-order chi connectivity index (χ0) is 20.6. The Morgan fingerprint density at radius 3 is 2.48 bits per heavy atom. The van der Waals surface area contributed by atoms with Crippen molar-refractivity contribution < 1.29 is 19.0 Å². The summed E-state index contributed by atoms with van der Waals surface area (Å²) in [6.07, 6.45) is 3.44. The highest BCUT2D eigenvalue weighted by molar-refractivity contribution is 5.92. The predicted molar refractivity (Wildman–Crippen MR) is 115 cm³/mol. The molecule has 0 spiro atoms. The van der Waals surface area contributed by atoms with Gasteiger partial charge < -0.3 is 24.0 Å². The Kier molecular flexibility index (Phi) is 7.00. The molecule has 1 aliphatic rings. The average Bonchev–Trinajstić information content (AvgIpc) is 2.78. The number of piperazine rings is 1. The zero-order valence-corrected chi connectivity index (χ0v) is 17.3. The van der Waals surface area contributed by atoms with E-state index < -0.39 is 0 Å². The van der Waals surface area contributed by atoms with Gasteiger partial charge in [-0.3, -0.25) is 4.79 Å². The van der Waals surface area contributed by atoms with Crippen LogP contribution >= 0.6 is 0 Å². The minimum atomic E-state index is 0.0177. The van der Waals surface area contributed by atoms with Crippen LogP contribution in [-0.4, -0.2) is 57.8 Å². The van der Waals surface area contributed by atoms with Crippen LogP contribution in [0.5, 0.6) is 17.2 Å². The van der Waals surface area contributed by atoms with Crippen molar-refractivity contribution in [2.45, 2.75) is 6.92 Å². The van der Waals surface area contributed by atoms with Crippen LogP contribution in [0.15, 0.2) is 48.5 Å². The molecule has 6 nitrogen and oxygen atoms in total. The maximum Gasteiger partial charge on any atom is 0.246 e. The van der Waals surface area contributed by atoms with Crippen molar-refractivity contribution >= 4 is 17.7 Å². The zero-order valence-electron chi connectivity index (χ0n) is 17.3. The standard InChI is InChI=1S/C23H28N2O4/c1-4-29-22-16-18(8-10-21(22)28-3)9-11-23(26)25-14-12-24(13-15-25)19-6-5-7-20(17-19)27-2/h5-11,16-17H,4,12-15H2,1-3H3/b11-9+. The van der Waals surface area contributed by atoms with Crippen molar-refractivity contribution in [1.29, 1.82) is 0 Å². The summed E-state index contributed by atoms with van der Waals surface area (Å²) in [6, 6.07) is 13.7. The maximum atomic E-state index is 12.6. The highest BCUT2D eigenvalue weighted by Crippen LogP contribution is 2.28. The van der Waals surface area contributed by atoms with E-state index in [4.69, 9.17) is 14.2 Å². The molecule has 0 unspecified atom stereocenters. The molecule has 0 saturated carbocycles. The molecule has 1 heterocycles. The van der Waals surface area contributed by atoms with Gasteiger partial charge in [0.15, 0.2) is 11.5 Å². The number of rotatable bonds is 7. The average molecular weight is 396 g/mol. The highest BCUT2D eigenvalue weighted by Gasteiger charge is 2.20. The van der Waals surface area contributed by atoms with E-state index in [1.165, 1.54) is 0 Å². The summed E-state index contributed by atoms with van der Waals surface area (Å²) >= 11 is 0. The fourth-order valence-corrected chi connectivity index (χ4v) is 3.33. The number of carbonyl (C=O) groups is 1. The van der Waals surface area contributed by atoms with Gasteiger partial charge in [-0.2, -0.15) is 0 Å². The quantitative estimate of drug-likeness (QED) is 0.671. The Balaban J connectivity index is 1.59. The summed E-state index contributed by atoms with van der Waals surface area (Å²) in [5.74, 6) is 2.22. The van der Waals surface area contributed by atoms with Crippen LogP contribution < -0.4 is 19.1 Å². The third-order valence-electron chi connectivity index (χ3n) is 4.92. The monoisotopic (exact) mass is 396 g/mol. The van der Waals surface area contributed by atoms with Gasteiger partial charge in [-0.05, 0) is 42.8 Å². The number of benzene rings is 2. The molecular weight excluding hydrogens is 368 g/mol.